The number of ether oxygens (including phenoxy) is 1. The van der Waals surface area contributed by atoms with Crippen LogP contribution in [0.15, 0.2) is 5.51 Å². The molecule has 0 aromatic carbocycles. The van der Waals surface area contributed by atoms with Crippen molar-refractivity contribution >= 4 is 23.2 Å². The maximum atomic E-state index is 11.7. The highest BCUT2D eigenvalue weighted by Crippen LogP contribution is 2.11. The van der Waals surface area contributed by atoms with Gasteiger partial charge in [0.1, 0.15) is 4.88 Å². The third-order valence-corrected chi connectivity index (χ3v) is 3.45. The first-order valence-corrected chi connectivity index (χ1v) is 6.78. The predicted octanol–water partition coefficient (Wildman–Crippen LogP) is 1.91. The molecule has 1 N–H and O–H groups in total. The number of carbonyl (C=O) groups excluding carboxylic acids is 2. The average molecular weight is 270 g/mol. The maximum absolute atomic E-state index is 11.7. The number of unbranched alkanes of at least 4 members (excludes halogenated alkanes) is 2. The van der Waals surface area contributed by atoms with Crippen LogP contribution in [0, 0.1) is 6.92 Å². The zero-order valence-electron chi connectivity index (χ0n) is 10.7. The van der Waals surface area contributed by atoms with Crippen LogP contribution in [-0.2, 0) is 9.53 Å². The van der Waals surface area contributed by atoms with Gasteiger partial charge in [-0.25, -0.2) is 4.98 Å². The third-order valence-electron chi connectivity index (χ3n) is 2.52. The van der Waals surface area contributed by atoms with Gasteiger partial charge < -0.3 is 10.1 Å². The highest BCUT2D eigenvalue weighted by Gasteiger charge is 2.10. The number of hydrogen-bond donors (Lipinski definition) is 1. The summed E-state index contributed by atoms with van der Waals surface area (Å²) in [6, 6.07) is 0. The lowest BCUT2D eigenvalue weighted by Crippen LogP contribution is -2.24. The molecule has 6 heteroatoms. The zero-order chi connectivity index (χ0) is 13.4. The fourth-order valence-corrected chi connectivity index (χ4v) is 2.19. The summed E-state index contributed by atoms with van der Waals surface area (Å²) in [5.41, 5.74) is 2.43. The topological polar surface area (TPSA) is 68.3 Å². The minimum Gasteiger partial charge on any atom is -0.469 e. The number of esters is 1. The van der Waals surface area contributed by atoms with Gasteiger partial charge in [-0.15, -0.1) is 11.3 Å². The Hall–Kier alpha value is -1.43. The number of aryl methyl sites for hydroxylation is 1. The summed E-state index contributed by atoms with van der Waals surface area (Å²) in [4.78, 5) is 27.2. The van der Waals surface area contributed by atoms with E-state index in [4.69, 9.17) is 0 Å². The molecule has 0 spiro atoms. The third kappa shape index (κ3) is 4.83. The van der Waals surface area contributed by atoms with Crippen LogP contribution in [-0.4, -0.2) is 30.5 Å². The van der Waals surface area contributed by atoms with Crippen molar-refractivity contribution in [3.05, 3.63) is 16.1 Å². The number of hydrogen-bond acceptors (Lipinski definition) is 5. The van der Waals surface area contributed by atoms with Gasteiger partial charge in [0.2, 0.25) is 0 Å². The molecule has 0 aliphatic rings. The molecular formula is C12H18N2O3S. The fourth-order valence-electron chi connectivity index (χ4n) is 1.48. The van der Waals surface area contributed by atoms with Gasteiger partial charge in [-0.1, -0.05) is 6.42 Å². The summed E-state index contributed by atoms with van der Waals surface area (Å²) in [6.45, 7) is 2.44. The number of carbonyl (C=O) groups is 2. The van der Waals surface area contributed by atoms with E-state index >= 15 is 0 Å². The van der Waals surface area contributed by atoms with Crippen LogP contribution in [0.2, 0.25) is 0 Å². The first-order valence-electron chi connectivity index (χ1n) is 5.90. The molecule has 100 valence electrons. The Bertz CT molecular complexity index is 404. The van der Waals surface area contributed by atoms with Crippen LogP contribution in [0.1, 0.15) is 41.0 Å². The number of nitrogens with one attached hydrogen (secondary N) is 1. The molecule has 1 amide bonds. The van der Waals surface area contributed by atoms with Gasteiger partial charge in [0.05, 0.1) is 18.3 Å². The molecule has 0 aliphatic heterocycles. The van der Waals surface area contributed by atoms with E-state index in [9.17, 15) is 9.59 Å². The summed E-state index contributed by atoms with van der Waals surface area (Å²) in [7, 11) is 1.39. The summed E-state index contributed by atoms with van der Waals surface area (Å²) in [6.07, 6.45) is 3.00. The van der Waals surface area contributed by atoms with Crippen LogP contribution < -0.4 is 5.32 Å². The van der Waals surface area contributed by atoms with E-state index in [1.807, 2.05) is 6.92 Å². The minimum atomic E-state index is -0.181. The molecule has 0 bridgehead atoms. The van der Waals surface area contributed by atoms with E-state index in [-0.39, 0.29) is 11.9 Å². The standard InChI is InChI=1S/C12H18N2O3S/c1-9-11(18-8-14-9)12(16)13-7-5-3-4-6-10(15)17-2/h8H,3-7H2,1-2H3,(H,13,16). The molecule has 0 saturated carbocycles. The number of rotatable bonds is 7. The van der Waals surface area contributed by atoms with Gasteiger partial charge in [0.25, 0.3) is 5.91 Å². The number of thiazole rings is 1. The Balaban J connectivity index is 2.10. The number of nitrogens with zero attached hydrogens (tertiary/aromatic N) is 1. The van der Waals surface area contributed by atoms with Crippen molar-refractivity contribution in [1.82, 2.24) is 10.3 Å². The zero-order valence-corrected chi connectivity index (χ0v) is 11.5. The van der Waals surface area contributed by atoms with Crippen molar-refractivity contribution < 1.29 is 14.3 Å². The van der Waals surface area contributed by atoms with Crippen molar-refractivity contribution in [2.45, 2.75) is 32.6 Å². The molecule has 0 fully saturated rings. The van der Waals surface area contributed by atoms with Gasteiger partial charge in [-0.05, 0) is 19.8 Å². The second-order valence-electron chi connectivity index (χ2n) is 3.91. The first kappa shape index (κ1) is 14.6. The van der Waals surface area contributed by atoms with Crippen LogP contribution >= 0.6 is 11.3 Å². The van der Waals surface area contributed by atoms with Crippen molar-refractivity contribution in [2.75, 3.05) is 13.7 Å². The molecular weight excluding hydrogens is 252 g/mol. The van der Waals surface area contributed by atoms with Gasteiger partial charge in [-0.2, -0.15) is 0 Å². The van der Waals surface area contributed by atoms with Crippen LogP contribution in [0.4, 0.5) is 0 Å². The molecule has 1 rings (SSSR count). The fraction of sp³-hybridized carbons (Fsp3) is 0.583. The van der Waals surface area contributed by atoms with Gasteiger partial charge in [0.15, 0.2) is 0 Å². The average Bonchev–Trinajstić information content (AvgIpc) is 2.79. The minimum absolute atomic E-state index is 0.0667. The predicted molar refractivity (Wildman–Crippen MR) is 69.7 cm³/mol. The van der Waals surface area contributed by atoms with E-state index in [0.717, 1.165) is 25.0 Å². The van der Waals surface area contributed by atoms with Crippen molar-refractivity contribution in [3.8, 4) is 0 Å². The summed E-state index contributed by atoms with van der Waals surface area (Å²) in [5, 5.41) is 2.84. The summed E-state index contributed by atoms with van der Waals surface area (Å²) in [5.74, 6) is -0.248. The van der Waals surface area contributed by atoms with Crippen LogP contribution in [0.3, 0.4) is 0 Å². The van der Waals surface area contributed by atoms with Gasteiger partial charge in [0, 0.05) is 13.0 Å². The van der Waals surface area contributed by atoms with E-state index in [1.165, 1.54) is 18.4 Å². The van der Waals surface area contributed by atoms with Gasteiger partial charge in [-0.3, -0.25) is 9.59 Å². The lowest BCUT2D eigenvalue weighted by Gasteiger charge is -2.04. The molecule has 5 nitrogen and oxygen atoms in total. The molecule has 0 saturated heterocycles. The Morgan fingerprint density at radius 2 is 2.17 bits per heavy atom. The highest BCUT2D eigenvalue weighted by atomic mass is 32.1. The lowest BCUT2D eigenvalue weighted by molar-refractivity contribution is -0.140. The smallest absolute Gasteiger partial charge is 0.305 e. The van der Waals surface area contributed by atoms with Crippen molar-refractivity contribution in [1.29, 1.82) is 0 Å². The maximum Gasteiger partial charge on any atom is 0.305 e. The molecule has 0 aliphatic carbocycles. The number of aromatic nitrogens is 1. The number of methoxy groups -OCH3 is 1. The molecule has 1 aromatic rings. The van der Waals surface area contributed by atoms with Crippen molar-refractivity contribution in [2.24, 2.45) is 0 Å². The van der Waals surface area contributed by atoms with E-state index in [1.54, 1.807) is 5.51 Å². The van der Waals surface area contributed by atoms with E-state index in [2.05, 4.69) is 15.0 Å². The highest BCUT2D eigenvalue weighted by molar-refractivity contribution is 7.11. The van der Waals surface area contributed by atoms with E-state index in [0.29, 0.717) is 17.8 Å². The summed E-state index contributed by atoms with van der Waals surface area (Å²) >= 11 is 1.35. The molecule has 1 heterocycles. The number of amides is 1. The molecule has 0 radical (unpaired) electrons. The normalized spacial score (nSPS) is 10.1. The second kappa shape index (κ2) is 7.81. The summed E-state index contributed by atoms with van der Waals surface area (Å²) < 4.78 is 4.54. The van der Waals surface area contributed by atoms with Crippen LogP contribution in [0.25, 0.3) is 0 Å². The molecule has 0 unspecified atom stereocenters. The molecule has 0 atom stereocenters. The van der Waals surface area contributed by atoms with Crippen LogP contribution in [0.5, 0.6) is 0 Å². The van der Waals surface area contributed by atoms with E-state index < -0.39 is 0 Å². The Kier molecular flexibility index (Phi) is 6.35. The van der Waals surface area contributed by atoms with Gasteiger partial charge >= 0.3 is 5.97 Å². The molecule has 1 aromatic heterocycles. The monoisotopic (exact) mass is 270 g/mol. The Labute approximate surface area is 111 Å². The quantitative estimate of drug-likeness (QED) is 0.607. The SMILES string of the molecule is COC(=O)CCCCCNC(=O)c1scnc1C. The first-order chi connectivity index (χ1) is 8.65. The lowest BCUT2D eigenvalue weighted by atomic mass is 10.2. The Morgan fingerprint density at radius 1 is 1.39 bits per heavy atom. The molecule has 18 heavy (non-hydrogen) atoms. The van der Waals surface area contributed by atoms with Crippen molar-refractivity contribution in [3.63, 3.8) is 0 Å². The largest absolute Gasteiger partial charge is 0.469 e. The Morgan fingerprint density at radius 3 is 2.78 bits per heavy atom. The second-order valence-corrected chi connectivity index (χ2v) is 4.76.